The van der Waals surface area contributed by atoms with E-state index in [9.17, 15) is 9.18 Å². The molecule has 6 nitrogen and oxygen atoms in total. The number of nitrogens with zero attached hydrogens (tertiary/aromatic N) is 4. The highest BCUT2D eigenvalue weighted by atomic mass is 35.5. The highest BCUT2D eigenvalue weighted by molar-refractivity contribution is 7.10. The molecule has 3 heterocycles. The average molecular weight is 433 g/mol. The summed E-state index contributed by atoms with van der Waals surface area (Å²) in [4.78, 5) is 25.9. The van der Waals surface area contributed by atoms with Crippen LogP contribution in [0.15, 0.2) is 48.1 Å². The Kier molecular flexibility index (Phi) is 5.92. The number of rotatable bonds is 5. The maximum Gasteiger partial charge on any atom is 0.227 e. The number of ether oxygens (including phenoxy) is 1. The summed E-state index contributed by atoms with van der Waals surface area (Å²) in [7, 11) is 0. The van der Waals surface area contributed by atoms with E-state index in [-0.39, 0.29) is 10.9 Å². The summed E-state index contributed by atoms with van der Waals surface area (Å²) in [5, 5.41) is 2.15. The van der Waals surface area contributed by atoms with Crippen molar-refractivity contribution in [3.05, 3.63) is 63.8 Å². The number of hydrogen-bond acceptors (Lipinski definition) is 6. The molecule has 0 radical (unpaired) electrons. The molecule has 1 amide bonds. The lowest BCUT2D eigenvalue weighted by molar-refractivity contribution is -0.130. The Balaban J connectivity index is 1.37. The number of halogens is 2. The zero-order valence-corrected chi connectivity index (χ0v) is 17.0. The fourth-order valence-electron chi connectivity index (χ4n) is 3.09. The first-order valence-electron chi connectivity index (χ1n) is 9.08. The van der Waals surface area contributed by atoms with Crippen molar-refractivity contribution in [2.75, 3.05) is 31.1 Å². The number of benzene rings is 1. The summed E-state index contributed by atoms with van der Waals surface area (Å²) in [6.07, 6.45) is 1.86. The van der Waals surface area contributed by atoms with Gasteiger partial charge in [-0.3, -0.25) is 4.79 Å². The fourth-order valence-corrected chi connectivity index (χ4v) is 3.99. The van der Waals surface area contributed by atoms with Crippen molar-refractivity contribution in [1.29, 1.82) is 0 Å². The van der Waals surface area contributed by atoms with Crippen molar-refractivity contribution in [3.8, 4) is 11.6 Å². The van der Waals surface area contributed by atoms with Crippen LogP contribution in [0.1, 0.15) is 4.88 Å². The lowest BCUT2D eigenvalue weighted by atomic mass is 10.2. The molecule has 2 aromatic heterocycles. The highest BCUT2D eigenvalue weighted by Gasteiger charge is 2.22. The monoisotopic (exact) mass is 432 g/mol. The molecule has 0 unspecified atom stereocenters. The summed E-state index contributed by atoms with van der Waals surface area (Å²) in [6.45, 7) is 2.61. The van der Waals surface area contributed by atoms with Crippen molar-refractivity contribution in [1.82, 2.24) is 14.9 Å². The van der Waals surface area contributed by atoms with Gasteiger partial charge in [-0.05, 0) is 29.6 Å². The molecule has 1 aliphatic heterocycles. The maximum atomic E-state index is 13.2. The van der Waals surface area contributed by atoms with Gasteiger partial charge in [-0.2, -0.15) is 0 Å². The van der Waals surface area contributed by atoms with Crippen molar-refractivity contribution < 1.29 is 13.9 Å². The van der Waals surface area contributed by atoms with Gasteiger partial charge in [0.1, 0.15) is 23.7 Å². The molecule has 3 aromatic rings. The first-order valence-corrected chi connectivity index (χ1v) is 10.3. The van der Waals surface area contributed by atoms with Gasteiger partial charge < -0.3 is 14.5 Å². The lowest BCUT2D eigenvalue weighted by Gasteiger charge is -2.35. The highest BCUT2D eigenvalue weighted by Crippen LogP contribution is 2.30. The van der Waals surface area contributed by atoms with E-state index < -0.39 is 5.82 Å². The van der Waals surface area contributed by atoms with Crippen LogP contribution in [-0.2, 0) is 11.2 Å². The predicted octanol–water partition coefficient (Wildman–Crippen LogP) is 4.01. The van der Waals surface area contributed by atoms with Crippen LogP contribution < -0.4 is 9.64 Å². The van der Waals surface area contributed by atoms with Crippen molar-refractivity contribution in [3.63, 3.8) is 0 Å². The van der Waals surface area contributed by atoms with E-state index >= 15 is 0 Å². The third kappa shape index (κ3) is 4.83. The predicted molar refractivity (Wildman–Crippen MR) is 110 cm³/mol. The van der Waals surface area contributed by atoms with Crippen LogP contribution in [0.3, 0.4) is 0 Å². The molecule has 0 N–H and O–H groups in total. The van der Waals surface area contributed by atoms with Crippen molar-refractivity contribution >= 4 is 34.7 Å². The van der Waals surface area contributed by atoms with Crippen molar-refractivity contribution in [2.24, 2.45) is 0 Å². The summed E-state index contributed by atoms with van der Waals surface area (Å²) in [5.74, 6) is 1.06. The Morgan fingerprint density at radius 3 is 2.72 bits per heavy atom. The smallest absolute Gasteiger partial charge is 0.227 e. The Morgan fingerprint density at radius 1 is 1.17 bits per heavy atom. The van der Waals surface area contributed by atoms with Gasteiger partial charge in [0, 0.05) is 37.1 Å². The van der Waals surface area contributed by atoms with Gasteiger partial charge in [0.05, 0.1) is 11.4 Å². The first kappa shape index (κ1) is 19.6. The number of anilines is 1. The lowest BCUT2D eigenvalue weighted by Crippen LogP contribution is -2.49. The van der Waals surface area contributed by atoms with E-state index in [0.29, 0.717) is 50.0 Å². The number of thiophene rings is 1. The second-order valence-corrected chi connectivity index (χ2v) is 7.95. The molecule has 0 aliphatic carbocycles. The molecule has 150 valence electrons. The fraction of sp³-hybridized carbons (Fsp3) is 0.250. The average Bonchev–Trinajstić information content (AvgIpc) is 3.23. The van der Waals surface area contributed by atoms with E-state index in [1.807, 2.05) is 22.4 Å². The van der Waals surface area contributed by atoms with E-state index in [1.165, 1.54) is 24.5 Å². The summed E-state index contributed by atoms with van der Waals surface area (Å²) < 4.78 is 18.9. The van der Waals surface area contributed by atoms with Crippen LogP contribution in [0.2, 0.25) is 5.02 Å². The molecule has 1 aliphatic rings. The van der Waals surface area contributed by atoms with Gasteiger partial charge in [0.2, 0.25) is 11.8 Å². The number of piperazine rings is 1. The minimum absolute atomic E-state index is 0.143. The number of amides is 1. The third-order valence-electron chi connectivity index (χ3n) is 4.60. The second kappa shape index (κ2) is 8.75. The molecule has 1 saturated heterocycles. The van der Waals surface area contributed by atoms with Crippen LogP contribution in [0.25, 0.3) is 0 Å². The Hall–Kier alpha value is -2.71. The molecule has 4 rings (SSSR count). The van der Waals surface area contributed by atoms with Gasteiger partial charge in [-0.1, -0.05) is 17.7 Å². The molecule has 0 saturated carbocycles. The minimum Gasteiger partial charge on any atom is -0.437 e. The second-order valence-electron chi connectivity index (χ2n) is 6.52. The molecule has 9 heteroatoms. The molecular formula is C20H18ClFN4O2S. The van der Waals surface area contributed by atoms with Crippen LogP contribution in [0.5, 0.6) is 11.6 Å². The quantitative estimate of drug-likeness (QED) is 0.609. The standard InChI is InChI=1S/C20H18ClFN4O2S/c21-16-10-14(22)3-4-17(16)28-19-12-18(23-13-24-19)25-5-7-26(8-6-25)20(27)11-15-2-1-9-29-15/h1-4,9-10,12-13H,5-8,11H2. The summed E-state index contributed by atoms with van der Waals surface area (Å²) in [5.41, 5.74) is 0. The maximum absolute atomic E-state index is 13.2. The van der Waals surface area contributed by atoms with Crippen LogP contribution in [0, 0.1) is 5.82 Å². The Bertz CT molecular complexity index is 994. The minimum atomic E-state index is -0.433. The van der Waals surface area contributed by atoms with E-state index in [2.05, 4.69) is 14.9 Å². The zero-order valence-electron chi connectivity index (χ0n) is 15.4. The molecule has 0 bridgehead atoms. The van der Waals surface area contributed by atoms with Crippen molar-refractivity contribution in [2.45, 2.75) is 6.42 Å². The van der Waals surface area contributed by atoms with Crippen LogP contribution >= 0.6 is 22.9 Å². The normalized spacial score (nSPS) is 14.1. The number of hydrogen-bond donors (Lipinski definition) is 0. The van der Waals surface area contributed by atoms with Gasteiger partial charge >= 0.3 is 0 Å². The van der Waals surface area contributed by atoms with Gasteiger partial charge in [0.15, 0.2) is 0 Å². The Labute approximate surface area is 176 Å². The molecule has 0 atom stereocenters. The largest absolute Gasteiger partial charge is 0.437 e. The van der Waals surface area contributed by atoms with Gasteiger partial charge in [-0.25, -0.2) is 14.4 Å². The SMILES string of the molecule is O=C(Cc1cccs1)N1CCN(c2cc(Oc3ccc(F)cc3Cl)ncn2)CC1. The molecule has 29 heavy (non-hydrogen) atoms. The van der Waals surface area contributed by atoms with Crippen LogP contribution in [0.4, 0.5) is 10.2 Å². The summed E-state index contributed by atoms with van der Waals surface area (Å²) in [6, 6.07) is 9.56. The first-order chi connectivity index (χ1) is 14.1. The molecule has 0 spiro atoms. The third-order valence-corrected chi connectivity index (χ3v) is 5.77. The van der Waals surface area contributed by atoms with Gasteiger partial charge in [0.25, 0.3) is 0 Å². The van der Waals surface area contributed by atoms with Crippen LogP contribution in [-0.4, -0.2) is 47.0 Å². The molecule has 1 fully saturated rings. The number of carbonyl (C=O) groups is 1. The topological polar surface area (TPSA) is 58.6 Å². The van der Waals surface area contributed by atoms with E-state index in [0.717, 1.165) is 4.88 Å². The number of carbonyl (C=O) groups excluding carboxylic acids is 1. The van der Waals surface area contributed by atoms with Gasteiger partial charge in [-0.15, -0.1) is 11.3 Å². The molecule has 1 aromatic carbocycles. The molecular weight excluding hydrogens is 415 g/mol. The Morgan fingerprint density at radius 2 is 2.00 bits per heavy atom. The zero-order chi connectivity index (χ0) is 20.2. The van der Waals surface area contributed by atoms with E-state index in [4.69, 9.17) is 16.3 Å². The number of aromatic nitrogens is 2. The van der Waals surface area contributed by atoms with E-state index in [1.54, 1.807) is 17.4 Å². The summed E-state index contributed by atoms with van der Waals surface area (Å²) >= 11 is 7.61.